The maximum absolute atomic E-state index is 11.9. The Morgan fingerprint density at radius 2 is 1.94 bits per heavy atom. The molecule has 2 heterocycles. The Kier molecular flexibility index (Phi) is 2.81. The van der Waals surface area contributed by atoms with Crippen LogP contribution < -0.4 is 0 Å². The lowest BCUT2D eigenvalue weighted by molar-refractivity contribution is 0.0694. The van der Waals surface area contributed by atoms with Gasteiger partial charge in [-0.3, -0.25) is 4.79 Å². The van der Waals surface area contributed by atoms with Gasteiger partial charge in [0.05, 0.1) is 18.6 Å². The summed E-state index contributed by atoms with van der Waals surface area (Å²) in [5.41, 5.74) is 0. The minimum absolute atomic E-state index is 0.118. The summed E-state index contributed by atoms with van der Waals surface area (Å²) < 4.78 is 10.3. The molecule has 2 aromatic heterocycles. The van der Waals surface area contributed by atoms with Gasteiger partial charge in [-0.15, -0.1) is 0 Å². The van der Waals surface area contributed by atoms with Crippen molar-refractivity contribution in [3.05, 3.63) is 48.3 Å². The fourth-order valence-corrected chi connectivity index (χ4v) is 1.47. The summed E-state index contributed by atoms with van der Waals surface area (Å²) in [5.74, 6) is 0.928. The lowest BCUT2D eigenvalue weighted by Gasteiger charge is -2.22. The van der Waals surface area contributed by atoms with Gasteiger partial charge in [0.15, 0.2) is 5.76 Å². The second-order valence-electron chi connectivity index (χ2n) is 3.58. The lowest BCUT2D eigenvalue weighted by Crippen LogP contribution is -2.29. The number of carbonyl (C=O) groups excluding carboxylic acids is 1. The van der Waals surface area contributed by atoms with E-state index in [1.54, 1.807) is 36.4 Å². The topological polar surface area (TPSA) is 46.6 Å². The predicted octanol–water partition coefficient (Wildman–Crippen LogP) is 2.71. The summed E-state index contributed by atoms with van der Waals surface area (Å²) in [5, 5.41) is 0. The van der Waals surface area contributed by atoms with Crippen LogP contribution in [0.15, 0.2) is 45.6 Å². The van der Waals surface area contributed by atoms with Crippen LogP contribution in [0.3, 0.4) is 0 Å². The van der Waals surface area contributed by atoms with Gasteiger partial charge in [0.2, 0.25) is 0 Å². The summed E-state index contributed by atoms with van der Waals surface area (Å²) in [6.45, 7) is 1.90. The number of hydrogen-bond acceptors (Lipinski definition) is 3. The second-order valence-corrected chi connectivity index (χ2v) is 3.58. The molecule has 0 aromatic carbocycles. The highest BCUT2D eigenvalue weighted by molar-refractivity contribution is 5.91. The minimum Gasteiger partial charge on any atom is -0.467 e. The molecule has 2 rings (SSSR count). The quantitative estimate of drug-likeness (QED) is 0.797. The molecule has 84 valence electrons. The van der Waals surface area contributed by atoms with Gasteiger partial charge >= 0.3 is 0 Å². The van der Waals surface area contributed by atoms with Crippen LogP contribution in [-0.2, 0) is 0 Å². The van der Waals surface area contributed by atoms with Gasteiger partial charge in [-0.25, -0.2) is 0 Å². The molecule has 0 aliphatic heterocycles. The maximum atomic E-state index is 11.9. The molecule has 0 fully saturated rings. The molecular formula is C12H13NO3. The number of nitrogens with zero attached hydrogens (tertiary/aromatic N) is 1. The minimum atomic E-state index is -0.158. The van der Waals surface area contributed by atoms with Crippen molar-refractivity contribution in [3.63, 3.8) is 0 Å². The Morgan fingerprint density at radius 3 is 2.50 bits per heavy atom. The van der Waals surface area contributed by atoms with Gasteiger partial charge in [-0.05, 0) is 31.2 Å². The fraction of sp³-hybridized carbons (Fsp3) is 0.250. The van der Waals surface area contributed by atoms with Gasteiger partial charge < -0.3 is 13.7 Å². The van der Waals surface area contributed by atoms with Crippen LogP contribution in [0.4, 0.5) is 0 Å². The molecule has 1 amide bonds. The monoisotopic (exact) mass is 219 g/mol. The van der Waals surface area contributed by atoms with Gasteiger partial charge in [0, 0.05) is 7.05 Å². The molecule has 16 heavy (non-hydrogen) atoms. The summed E-state index contributed by atoms with van der Waals surface area (Å²) in [7, 11) is 1.72. The lowest BCUT2D eigenvalue weighted by atomic mass is 10.2. The Morgan fingerprint density at radius 1 is 1.25 bits per heavy atom. The van der Waals surface area contributed by atoms with Gasteiger partial charge in [-0.2, -0.15) is 0 Å². The smallest absolute Gasteiger partial charge is 0.289 e. The van der Waals surface area contributed by atoms with E-state index in [1.807, 2.05) is 13.0 Å². The van der Waals surface area contributed by atoms with Crippen molar-refractivity contribution in [2.24, 2.45) is 0 Å². The van der Waals surface area contributed by atoms with Crippen molar-refractivity contribution in [1.82, 2.24) is 4.90 Å². The zero-order valence-electron chi connectivity index (χ0n) is 9.21. The molecule has 0 bridgehead atoms. The van der Waals surface area contributed by atoms with Crippen LogP contribution in [0.25, 0.3) is 0 Å². The van der Waals surface area contributed by atoms with Gasteiger partial charge in [0.25, 0.3) is 5.91 Å². The first-order valence-corrected chi connectivity index (χ1v) is 5.04. The van der Waals surface area contributed by atoms with Crippen molar-refractivity contribution in [2.45, 2.75) is 13.0 Å². The summed E-state index contributed by atoms with van der Waals surface area (Å²) in [6.07, 6.45) is 3.08. The summed E-state index contributed by atoms with van der Waals surface area (Å²) >= 11 is 0. The highest BCUT2D eigenvalue weighted by Gasteiger charge is 2.22. The van der Waals surface area contributed by atoms with Crippen molar-refractivity contribution in [1.29, 1.82) is 0 Å². The number of amides is 1. The van der Waals surface area contributed by atoms with Crippen molar-refractivity contribution >= 4 is 5.91 Å². The average Bonchev–Trinajstić information content (AvgIpc) is 2.97. The molecule has 4 nitrogen and oxygen atoms in total. The molecular weight excluding hydrogens is 206 g/mol. The third-order valence-corrected chi connectivity index (χ3v) is 2.59. The van der Waals surface area contributed by atoms with E-state index in [4.69, 9.17) is 8.83 Å². The van der Waals surface area contributed by atoms with E-state index in [9.17, 15) is 4.79 Å². The third-order valence-electron chi connectivity index (χ3n) is 2.59. The van der Waals surface area contributed by atoms with Crippen LogP contribution in [0.5, 0.6) is 0 Å². The third kappa shape index (κ3) is 1.86. The van der Waals surface area contributed by atoms with E-state index in [0.717, 1.165) is 5.76 Å². The van der Waals surface area contributed by atoms with Gasteiger partial charge in [0.1, 0.15) is 5.76 Å². The molecule has 4 heteroatoms. The van der Waals surface area contributed by atoms with Crippen LogP contribution >= 0.6 is 0 Å². The molecule has 0 radical (unpaired) electrons. The highest BCUT2D eigenvalue weighted by atomic mass is 16.3. The Bertz CT molecular complexity index is 445. The van der Waals surface area contributed by atoms with E-state index >= 15 is 0 Å². The van der Waals surface area contributed by atoms with Crippen LogP contribution in [0.2, 0.25) is 0 Å². The Labute approximate surface area is 93.5 Å². The van der Waals surface area contributed by atoms with Crippen LogP contribution in [0, 0.1) is 0 Å². The summed E-state index contributed by atoms with van der Waals surface area (Å²) in [6, 6.07) is 6.87. The molecule has 0 spiro atoms. The van der Waals surface area contributed by atoms with E-state index in [2.05, 4.69) is 0 Å². The zero-order chi connectivity index (χ0) is 11.5. The largest absolute Gasteiger partial charge is 0.467 e. The molecule has 0 aliphatic rings. The molecule has 2 aromatic rings. The van der Waals surface area contributed by atoms with E-state index in [1.165, 1.54) is 6.26 Å². The number of hydrogen-bond donors (Lipinski definition) is 0. The maximum Gasteiger partial charge on any atom is 0.289 e. The zero-order valence-corrected chi connectivity index (χ0v) is 9.21. The first kappa shape index (κ1) is 10.5. The normalized spacial score (nSPS) is 12.4. The molecule has 0 saturated carbocycles. The van der Waals surface area contributed by atoms with Crippen molar-refractivity contribution in [3.8, 4) is 0 Å². The van der Waals surface area contributed by atoms with Crippen molar-refractivity contribution < 1.29 is 13.6 Å². The van der Waals surface area contributed by atoms with Crippen LogP contribution in [0.1, 0.15) is 29.3 Å². The molecule has 1 atom stereocenters. The average molecular weight is 219 g/mol. The molecule has 0 aliphatic carbocycles. The number of carbonyl (C=O) groups is 1. The molecule has 0 saturated heterocycles. The van der Waals surface area contributed by atoms with Gasteiger partial charge in [-0.1, -0.05) is 0 Å². The molecule has 1 unspecified atom stereocenters. The SMILES string of the molecule is CC(c1ccco1)N(C)C(=O)c1ccco1. The highest BCUT2D eigenvalue weighted by Crippen LogP contribution is 2.20. The fourth-order valence-electron chi connectivity index (χ4n) is 1.47. The van der Waals surface area contributed by atoms with E-state index < -0.39 is 0 Å². The summed E-state index contributed by atoms with van der Waals surface area (Å²) in [4.78, 5) is 13.5. The molecule has 0 N–H and O–H groups in total. The van der Waals surface area contributed by atoms with E-state index in [-0.39, 0.29) is 11.9 Å². The Balaban J connectivity index is 2.14. The standard InChI is InChI=1S/C12H13NO3/c1-9(10-5-3-7-15-10)13(2)12(14)11-6-4-8-16-11/h3-9H,1-2H3. The van der Waals surface area contributed by atoms with E-state index in [0.29, 0.717) is 5.76 Å². The number of rotatable bonds is 3. The first-order chi connectivity index (χ1) is 7.70. The Hall–Kier alpha value is -1.97. The van der Waals surface area contributed by atoms with Crippen molar-refractivity contribution in [2.75, 3.05) is 7.05 Å². The second kappa shape index (κ2) is 4.26. The predicted molar refractivity (Wildman–Crippen MR) is 57.9 cm³/mol. The van der Waals surface area contributed by atoms with Crippen LogP contribution in [-0.4, -0.2) is 17.9 Å². The number of furan rings is 2. The first-order valence-electron chi connectivity index (χ1n) is 5.04.